The Hall–Kier alpha value is 1.71. The Morgan fingerprint density at radius 2 is 0.571 bits per heavy atom. The van der Waals surface area contributed by atoms with E-state index in [2.05, 4.69) is 0 Å². The molecule has 0 bridgehead atoms. The minimum atomic E-state index is -2.19. The summed E-state index contributed by atoms with van der Waals surface area (Å²) in [5.74, 6) is 0. The first-order valence-electron chi connectivity index (χ1n) is 1.89. The number of rotatable bonds is 0. The van der Waals surface area contributed by atoms with Crippen LogP contribution in [0.5, 0.6) is 0 Å². The van der Waals surface area contributed by atoms with Crippen LogP contribution >= 0.6 is 0 Å². The molecule has 0 aromatic rings. The second kappa shape index (κ2) is 84.8. The molecule has 0 heterocycles. The molecular formula is H4CuGe4O8Zn. The maximum Gasteiger partial charge on any atom is 2.00 e. The summed E-state index contributed by atoms with van der Waals surface area (Å²) in [6.07, 6.45) is 0. The number of hydrogen-bond acceptors (Lipinski definition) is 8. The van der Waals surface area contributed by atoms with Crippen LogP contribution < -0.4 is 16.5 Å². The van der Waals surface area contributed by atoms with E-state index in [0.29, 0.717) is 0 Å². The first-order chi connectivity index (χ1) is 5.66. The largest absolute Gasteiger partial charge is 2.00 e. The predicted molar refractivity (Wildman–Crippen MR) is 31.3 cm³/mol. The van der Waals surface area contributed by atoms with E-state index >= 15 is 0 Å². The SMILES string of the molecule is [Cu+2].[O]=[GeH][O-].[O]=[GeH][O-].[O]=[GeH][O-].[O]=[GeH][O-].[Zn+2]. The van der Waals surface area contributed by atoms with Crippen LogP contribution in [0.15, 0.2) is 0 Å². The van der Waals surface area contributed by atoms with Gasteiger partial charge < -0.3 is 0 Å². The molecule has 0 aliphatic heterocycles. The third kappa shape index (κ3) is 754. The van der Waals surface area contributed by atoms with Gasteiger partial charge in [0.1, 0.15) is 0 Å². The van der Waals surface area contributed by atoms with Crippen molar-refractivity contribution in [2.45, 2.75) is 0 Å². The van der Waals surface area contributed by atoms with Gasteiger partial charge in [-0.05, 0) is 0 Å². The molecule has 14 heteroatoms. The van der Waals surface area contributed by atoms with E-state index in [-0.39, 0.29) is 36.5 Å². The smallest absolute Gasteiger partial charge is 2.00 e. The van der Waals surface area contributed by atoms with Gasteiger partial charge in [-0.25, -0.2) is 0 Å². The van der Waals surface area contributed by atoms with Gasteiger partial charge in [0.15, 0.2) is 0 Å². The van der Waals surface area contributed by atoms with Gasteiger partial charge in [-0.3, -0.25) is 0 Å². The van der Waals surface area contributed by atoms with E-state index in [0.717, 1.165) is 0 Å². The summed E-state index contributed by atoms with van der Waals surface area (Å²) in [5.41, 5.74) is 0. The van der Waals surface area contributed by atoms with Crippen molar-refractivity contribution in [3.8, 4) is 0 Å². The van der Waals surface area contributed by atoms with Gasteiger partial charge in [-0.15, -0.1) is 0 Å². The molecule has 0 saturated heterocycles. The molecule has 0 fully saturated rings. The molecule has 8 nitrogen and oxygen atoms in total. The van der Waals surface area contributed by atoms with Gasteiger partial charge in [0, 0.05) is 0 Å². The topological polar surface area (TPSA) is 161 Å². The summed E-state index contributed by atoms with van der Waals surface area (Å²) in [7, 11) is 0. The molecule has 0 rings (SSSR count). The summed E-state index contributed by atoms with van der Waals surface area (Å²) in [4.78, 5) is 0. The normalized spacial score (nSPS) is 3.43. The minimum Gasteiger partial charge on any atom is 2.00 e. The van der Waals surface area contributed by atoms with Crippen LogP contribution in [0.3, 0.4) is 0 Å². The summed E-state index contributed by atoms with van der Waals surface area (Å²) in [6, 6.07) is 0. The first-order valence-corrected chi connectivity index (χ1v) is 9.80. The summed E-state index contributed by atoms with van der Waals surface area (Å²) in [5, 5.41) is 0. The van der Waals surface area contributed by atoms with Crippen molar-refractivity contribution >= 4 is 62.8 Å². The Morgan fingerprint density at radius 1 is 0.571 bits per heavy atom. The molecule has 0 spiro atoms. The van der Waals surface area contributed by atoms with Crippen LogP contribution in [0, 0.1) is 0 Å². The fourth-order valence-electron chi connectivity index (χ4n) is 0. The van der Waals surface area contributed by atoms with Gasteiger partial charge in [0.05, 0.1) is 0 Å². The average molecular weight is 551 g/mol. The van der Waals surface area contributed by atoms with Crippen LogP contribution in [0.1, 0.15) is 0 Å². The standard InChI is InChI=1S/Cu.4GeHO2.Zn/c;4*2-1-3;/h;4*1H;/q+2;4*-1;+2. The van der Waals surface area contributed by atoms with E-state index in [4.69, 9.17) is 31.6 Å². The zero-order valence-corrected chi connectivity index (χ0v) is 20.2. The Labute approximate surface area is 129 Å². The van der Waals surface area contributed by atoms with Crippen molar-refractivity contribution < 1.29 is 68.2 Å². The number of hydrogen-bond donors (Lipinski definition) is 0. The zero-order valence-electron chi connectivity index (χ0n) is 6.58. The second-order valence-electron chi connectivity index (χ2n) is 0.385. The molecule has 0 unspecified atom stereocenters. The van der Waals surface area contributed by atoms with Gasteiger partial charge >= 0.3 is 131 Å². The van der Waals surface area contributed by atoms with E-state index in [1.807, 2.05) is 0 Å². The summed E-state index contributed by atoms with van der Waals surface area (Å²) in [6.45, 7) is 0. The van der Waals surface area contributed by atoms with Gasteiger partial charge in [-0.1, -0.05) is 0 Å². The molecule has 14 heavy (non-hydrogen) atoms. The molecule has 0 aliphatic rings. The molecule has 0 saturated carbocycles. The van der Waals surface area contributed by atoms with Gasteiger partial charge in [0.2, 0.25) is 0 Å². The summed E-state index contributed by atoms with van der Waals surface area (Å²) >= 11 is -8.75. The van der Waals surface area contributed by atoms with Crippen molar-refractivity contribution in [2.75, 3.05) is 0 Å². The Bertz CT molecular complexity index is 75.3. The molecule has 81 valence electrons. The molecule has 0 N–H and O–H groups in total. The van der Waals surface area contributed by atoms with Crippen LogP contribution in [0.2, 0.25) is 0 Å². The van der Waals surface area contributed by atoms with Crippen LogP contribution in [-0.2, 0) is 51.7 Å². The maximum absolute atomic E-state index is 8.53. The molecule has 0 aliphatic carbocycles. The average Bonchev–Trinajstić information content (AvgIpc) is 1.92. The van der Waals surface area contributed by atoms with E-state index < -0.39 is 62.8 Å². The van der Waals surface area contributed by atoms with Crippen LogP contribution in [0.25, 0.3) is 0 Å². The molecule has 1 radical (unpaired) electrons. The molecule has 0 atom stereocenters. The predicted octanol–water partition coefficient (Wildman–Crippen LogP) is -7.83. The fraction of sp³-hybridized carbons (Fsp3) is 0. The maximum atomic E-state index is 8.53. The third-order valence-electron chi connectivity index (χ3n) is 0. The Morgan fingerprint density at radius 3 is 0.571 bits per heavy atom. The monoisotopic (exact) mass is 555 g/mol. The minimum absolute atomic E-state index is 0. The molecule has 0 amide bonds. The van der Waals surface area contributed by atoms with Crippen molar-refractivity contribution in [1.29, 1.82) is 0 Å². The first kappa shape index (κ1) is 36.1. The third-order valence-corrected chi connectivity index (χ3v) is 0. The zero-order chi connectivity index (χ0) is 10.8. The van der Waals surface area contributed by atoms with Gasteiger partial charge in [0.25, 0.3) is 0 Å². The Balaban J connectivity index is -0.0000000145. The van der Waals surface area contributed by atoms with Gasteiger partial charge in [-0.2, -0.15) is 0 Å². The van der Waals surface area contributed by atoms with E-state index in [9.17, 15) is 0 Å². The second-order valence-corrected chi connectivity index (χ2v) is 2.00. The van der Waals surface area contributed by atoms with Crippen molar-refractivity contribution in [1.82, 2.24) is 0 Å². The van der Waals surface area contributed by atoms with Crippen LogP contribution in [-0.4, -0.2) is 62.8 Å². The molecule has 0 aromatic carbocycles. The Kier molecular flexibility index (Phi) is 218. The van der Waals surface area contributed by atoms with Crippen molar-refractivity contribution in [3.63, 3.8) is 0 Å². The van der Waals surface area contributed by atoms with Crippen LogP contribution in [0.4, 0.5) is 0 Å². The molecular weight excluding hydrogens is 547 g/mol. The fourth-order valence-corrected chi connectivity index (χ4v) is 0. The quantitative estimate of drug-likeness (QED) is 0.269. The van der Waals surface area contributed by atoms with Crippen molar-refractivity contribution in [2.24, 2.45) is 0 Å². The van der Waals surface area contributed by atoms with E-state index in [1.54, 1.807) is 0 Å². The van der Waals surface area contributed by atoms with E-state index in [1.165, 1.54) is 0 Å². The van der Waals surface area contributed by atoms with Crippen molar-refractivity contribution in [3.05, 3.63) is 0 Å². The summed E-state index contributed by atoms with van der Waals surface area (Å²) < 4.78 is 68.2. The molecule has 0 aromatic heterocycles.